The molecule has 0 unspecified atom stereocenters. The van der Waals surface area contributed by atoms with Gasteiger partial charge in [-0.25, -0.2) is 0 Å². The molecule has 31 heavy (non-hydrogen) atoms. The van der Waals surface area contributed by atoms with Crippen LogP contribution in [0.1, 0.15) is 55.4 Å². The number of anilines is 1. The number of pyridine rings is 1. The maximum atomic E-state index is 12.8. The van der Waals surface area contributed by atoms with Crippen molar-refractivity contribution in [1.82, 2.24) is 4.98 Å². The number of ketones is 1. The van der Waals surface area contributed by atoms with Crippen LogP contribution in [0.4, 0.5) is 5.69 Å². The average molecular weight is 416 g/mol. The molecular weight excluding hydrogens is 392 g/mol. The fourth-order valence-corrected chi connectivity index (χ4v) is 4.05. The van der Waals surface area contributed by atoms with Crippen molar-refractivity contribution in [3.8, 4) is 5.75 Å². The Morgan fingerprint density at radius 2 is 1.77 bits per heavy atom. The number of carbonyl (C=O) groups is 2. The van der Waals surface area contributed by atoms with Crippen LogP contribution in [0.5, 0.6) is 5.75 Å². The van der Waals surface area contributed by atoms with Gasteiger partial charge in [0.05, 0.1) is 7.11 Å². The van der Waals surface area contributed by atoms with E-state index in [9.17, 15) is 14.4 Å². The molecule has 1 atom stereocenters. The zero-order chi connectivity index (χ0) is 22.1. The molecule has 0 fully saturated rings. The zero-order valence-electron chi connectivity index (χ0n) is 17.7. The SMILES string of the molecule is COc1ccc([C@H]2CC(=O)c3cc(C(=O)Nc4ccc(C)cc4C)c(=O)[nH]c3C2)cc1. The number of amides is 1. The van der Waals surface area contributed by atoms with Gasteiger partial charge in [0.25, 0.3) is 11.5 Å². The van der Waals surface area contributed by atoms with E-state index in [2.05, 4.69) is 10.3 Å². The van der Waals surface area contributed by atoms with Crippen molar-refractivity contribution in [2.24, 2.45) is 0 Å². The van der Waals surface area contributed by atoms with Crippen LogP contribution in [-0.2, 0) is 6.42 Å². The summed E-state index contributed by atoms with van der Waals surface area (Å²) in [5.74, 6) is 0.107. The zero-order valence-corrected chi connectivity index (χ0v) is 17.7. The second-order valence-electron chi connectivity index (χ2n) is 7.98. The molecule has 158 valence electrons. The lowest BCUT2D eigenvalue weighted by Gasteiger charge is -2.24. The fourth-order valence-electron chi connectivity index (χ4n) is 4.05. The molecule has 1 aromatic heterocycles. The summed E-state index contributed by atoms with van der Waals surface area (Å²) in [5.41, 5.74) is 4.07. The second-order valence-corrected chi connectivity index (χ2v) is 7.98. The van der Waals surface area contributed by atoms with E-state index in [0.717, 1.165) is 22.4 Å². The Morgan fingerprint density at radius 1 is 1.03 bits per heavy atom. The van der Waals surface area contributed by atoms with E-state index in [-0.39, 0.29) is 17.3 Å². The summed E-state index contributed by atoms with van der Waals surface area (Å²) in [4.78, 5) is 41.0. The van der Waals surface area contributed by atoms with Crippen molar-refractivity contribution in [3.05, 3.63) is 92.4 Å². The predicted molar refractivity (Wildman–Crippen MR) is 119 cm³/mol. The number of methoxy groups -OCH3 is 1. The van der Waals surface area contributed by atoms with E-state index >= 15 is 0 Å². The summed E-state index contributed by atoms with van der Waals surface area (Å²) in [7, 11) is 1.61. The smallest absolute Gasteiger partial charge is 0.261 e. The number of ether oxygens (including phenoxy) is 1. The van der Waals surface area contributed by atoms with Gasteiger partial charge >= 0.3 is 0 Å². The van der Waals surface area contributed by atoms with E-state index in [0.29, 0.717) is 29.8 Å². The van der Waals surface area contributed by atoms with E-state index < -0.39 is 11.5 Å². The average Bonchev–Trinajstić information content (AvgIpc) is 2.75. The van der Waals surface area contributed by atoms with Gasteiger partial charge in [-0.3, -0.25) is 14.4 Å². The summed E-state index contributed by atoms with van der Waals surface area (Å²) in [6, 6.07) is 14.7. The molecule has 0 saturated heterocycles. The van der Waals surface area contributed by atoms with Crippen LogP contribution >= 0.6 is 0 Å². The van der Waals surface area contributed by atoms with Crippen molar-refractivity contribution in [2.75, 3.05) is 12.4 Å². The maximum Gasteiger partial charge on any atom is 0.261 e. The molecule has 0 aliphatic heterocycles. The highest BCUT2D eigenvalue weighted by atomic mass is 16.5. The van der Waals surface area contributed by atoms with E-state index in [1.165, 1.54) is 6.07 Å². The number of aryl methyl sites for hydroxylation is 2. The number of hydrogen-bond acceptors (Lipinski definition) is 4. The van der Waals surface area contributed by atoms with E-state index in [1.807, 2.05) is 50.2 Å². The molecule has 6 heteroatoms. The lowest BCUT2D eigenvalue weighted by Crippen LogP contribution is -2.29. The molecule has 1 heterocycles. The number of benzene rings is 2. The number of nitrogens with one attached hydrogen (secondary N) is 2. The molecule has 1 aliphatic rings. The Bertz CT molecular complexity index is 1230. The van der Waals surface area contributed by atoms with Crippen molar-refractivity contribution in [1.29, 1.82) is 0 Å². The number of aromatic nitrogens is 1. The molecule has 1 amide bonds. The Hall–Kier alpha value is -3.67. The first-order valence-corrected chi connectivity index (χ1v) is 10.2. The Morgan fingerprint density at radius 3 is 2.45 bits per heavy atom. The second kappa shape index (κ2) is 8.22. The predicted octanol–water partition coefficient (Wildman–Crippen LogP) is 4.17. The van der Waals surface area contributed by atoms with Gasteiger partial charge in [0.1, 0.15) is 11.3 Å². The number of Topliss-reactive ketones (excluding diaryl/α,β-unsaturated/α-hetero) is 1. The van der Waals surface area contributed by atoms with Crippen LogP contribution in [0.2, 0.25) is 0 Å². The van der Waals surface area contributed by atoms with Gasteiger partial charge in [0, 0.05) is 23.4 Å². The minimum Gasteiger partial charge on any atom is -0.497 e. The van der Waals surface area contributed by atoms with Gasteiger partial charge in [-0.1, -0.05) is 29.8 Å². The Balaban J connectivity index is 1.60. The number of hydrogen-bond donors (Lipinski definition) is 2. The minimum atomic E-state index is -0.527. The molecule has 0 saturated carbocycles. The van der Waals surface area contributed by atoms with E-state index in [1.54, 1.807) is 13.2 Å². The topological polar surface area (TPSA) is 88.3 Å². The highest BCUT2D eigenvalue weighted by molar-refractivity contribution is 6.07. The fraction of sp³-hybridized carbons (Fsp3) is 0.240. The lowest BCUT2D eigenvalue weighted by atomic mass is 9.81. The first-order valence-electron chi connectivity index (χ1n) is 10.2. The first-order chi connectivity index (χ1) is 14.9. The summed E-state index contributed by atoms with van der Waals surface area (Å²) in [5, 5.41) is 2.78. The third-order valence-corrected chi connectivity index (χ3v) is 5.77. The highest BCUT2D eigenvalue weighted by Crippen LogP contribution is 2.32. The number of rotatable bonds is 4. The largest absolute Gasteiger partial charge is 0.497 e. The normalized spacial score (nSPS) is 15.3. The number of H-pyrrole nitrogens is 1. The van der Waals surface area contributed by atoms with Gasteiger partial charge < -0.3 is 15.0 Å². The Labute approximate surface area is 180 Å². The molecule has 1 aliphatic carbocycles. The summed E-state index contributed by atoms with van der Waals surface area (Å²) in [6.45, 7) is 3.86. The van der Waals surface area contributed by atoms with Gasteiger partial charge in [-0.05, 0) is 61.6 Å². The summed E-state index contributed by atoms with van der Waals surface area (Å²) < 4.78 is 5.19. The molecule has 2 aromatic carbocycles. The van der Waals surface area contributed by atoms with Gasteiger partial charge in [0.15, 0.2) is 5.78 Å². The molecule has 4 rings (SSSR count). The van der Waals surface area contributed by atoms with Crippen molar-refractivity contribution < 1.29 is 14.3 Å². The molecule has 0 bridgehead atoms. The van der Waals surface area contributed by atoms with Crippen LogP contribution in [0, 0.1) is 13.8 Å². The summed E-state index contributed by atoms with van der Waals surface area (Å²) >= 11 is 0. The quantitative estimate of drug-likeness (QED) is 0.668. The molecule has 6 nitrogen and oxygen atoms in total. The third-order valence-electron chi connectivity index (χ3n) is 5.77. The van der Waals surface area contributed by atoms with Crippen LogP contribution < -0.4 is 15.6 Å². The van der Waals surface area contributed by atoms with Crippen LogP contribution in [0.25, 0.3) is 0 Å². The molecule has 0 spiro atoms. The standard InChI is InChI=1S/C25H24N2O4/c1-14-4-9-21(15(2)10-14)26-24(29)20-13-19-22(27-25(20)30)11-17(12-23(19)28)16-5-7-18(31-3)8-6-16/h4-10,13,17H,11-12H2,1-3H3,(H,26,29)(H,27,30)/t17-/m1/s1. The maximum absolute atomic E-state index is 12.8. The van der Waals surface area contributed by atoms with Crippen molar-refractivity contribution in [3.63, 3.8) is 0 Å². The van der Waals surface area contributed by atoms with Gasteiger partial charge in [0.2, 0.25) is 0 Å². The van der Waals surface area contributed by atoms with E-state index in [4.69, 9.17) is 4.74 Å². The lowest BCUT2D eigenvalue weighted by molar-refractivity contribution is 0.0963. The van der Waals surface area contributed by atoms with Gasteiger partial charge in [-0.2, -0.15) is 0 Å². The van der Waals surface area contributed by atoms with Crippen LogP contribution in [0.3, 0.4) is 0 Å². The Kier molecular flexibility index (Phi) is 5.46. The van der Waals surface area contributed by atoms with Crippen LogP contribution in [0.15, 0.2) is 53.3 Å². The van der Waals surface area contributed by atoms with Crippen molar-refractivity contribution in [2.45, 2.75) is 32.6 Å². The molecular formula is C25H24N2O4. The monoisotopic (exact) mass is 416 g/mol. The number of carbonyl (C=O) groups excluding carboxylic acids is 2. The molecule has 2 N–H and O–H groups in total. The summed E-state index contributed by atoms with van der Waals surface area (Å²) in [6.07, 6.45) is 0.852. The first kappa shape index (κ1) is 20.6. The minimum absolute atomic E-state index is 0.0311. The third kappa shape index (κ3) is 4.14. The van der Waals surface area contributed by atoms with Crippen molar-refractivity contribution >= 4 is 17.4 Å². The number of fused-ring (bicyclic) bond motifs is 1. The number of aromatic amines is 1. The molecule has 0 radical (unpaired) electrons. The highest BCUT2D eigenvalue weighted by Gasteiger charge is 2.29. The van der Waals surface area contributed by atoms with Crippen LogP contribution in [-0.4, -0.2) is 23.8 Å². The molecule has 3 aromatic rings. The van der Waals surface area contributed by atoms with Gasteiger partial charge in [-0.15, -0.1) is 0 Å².